The van der Waals surface area contributed by atoms with Crippen molar-refractivity contribution in [1.29, 1.82) is 0 Å². The van der Waals surface area contributed by atoms with Gasteiger partial charge in [-0.15, -0.1) is 22.7 Å². The molecule has 0 amide bonds. The van der Waals surface area contributed by atoms with Gasteiger partial charge in [0, 0.05) is 90.0 Å². The number of nitrogens with zero attached hydrogens (tertiary/aromatic N) is 5. The van der Waals surface area contributed by atoms with Crippen LogP contribution in [0.15, 0.2) is 249 Å². The molecule has 0 bridgehead atoms. The topological polar surface area (TPSA) is 48.5 Å². The van der Waals surface area contributed by atoms with Gasteiger partial charge in [0.2, 0.25) is 0 Å². The van der Waals surface area contributed by atoms with E-state index < -0.39 is 0 Å². The minimum Gasteiger partial charge on any atom is -0.309 e. The van der Waals surface area contributed by atoms with Gasteiger partial charge in [0.15, 0.2) is 17.5 Å². The molecular weight excluding hydrogens is 963 g/mol. The summed E-state index contributed by atoms with van der Waals surface area (Å²) in [4.78, 5) is 15.8. The van der Waals surface area contributed by atoms with Crippen molar-refractivity contribution < 1.29 is 0 Å². The van der Waals surface area contributed by atoms with E-state index in [1.54, 1.807) is 0 Å². The Balaban J connectivity index is 0.900. The molecule has 11 aromatic carbocycles. The molecule has 0 aliphatic rings. The Labute approximate surface area is 444 Å². The van der Waals surface area contributed by atoms with Crippen LogP contribution in [-0.2, 0) is 0 Å². The van der Waals surface area contributed by atoms with Crippen molar-refractivity contribution in [3.05, 3.63) is 249 Å². The van der Waals surface area contributed by atoms with Gasteiger partial charge in [-0.1, -0.05) is 158 Å². The van der Waals surface area contributed by atoms with Gasteiger partial charge < -0.3 is 9.13 Å². The minimum absolute atomic E-state index is 0.620. The molecule has 0 saturated carbocycles. The molecule has 5 nitrogen and oxygen atoms in total. The van der Waals surface area contributed by atoms with Crippen LogP contribution in [0.3, 0.4) is 0 Å². The highest BCUT2D eigenvalue weighted by molar-refractivity contribution is 7.26. The third-order valence-corrected chi connectivity index (χ3v) is 17.4. The van der Waals surface area contributed by atoms with Gasteiger partial charge in [0.05, 0.1) is 22.1 Å². The van der Waals surface area contributed by atoms with E-state index in [1.165, 1.54) is 84.0 Å². The first-order chi connectivity index (χ1) is 37.6. The minimum atomic E-state index is 0.620. The smallest absolute Gasteiger partial charge is 0.164 e. The molecule has 16 aromatic rings. The van der Waals surface area contributed by atoms with Gasteiger partial charge >= 0.3 is 0 Å². The first-order valence-corrected chi connectivity index (χ1v) is 27.2. The summed E-state index contributed by atoms with van der Waals surface area (Å²) in [6, 6.07) is 89.8. The summed E-state index contributed by atoms with van der Waals surface area (Å²) in [7, 11) is 0. The molecule has 0 spiro atoms. The van der Waals surface area contributed by atoms with Crippen LogP contribution in [0.4, 0.5) is 0 Å². The van der Waals surface area contributed by atoms with Crippen molar-refractivity contribution in [3.8, 4) is 67.8 Å². The summed E-state index contributed by atoms with van der Waals surface area (Å²) in [5.41, 5.74) is 14.3. The number of thiophene rings is 2. The molecule has 5 aromatic heterocycles. The highest BCUT2D eigenvalue weighted by atomic mass is 32.1. The average molecular weight is 1000 g/mol. The van der Waals surface area contributed by atoms with Gasteiger partial charge in [-0.25, -0.2) is 15.0 Å². The molecule has 5 heterocycles. The molecule has 354 valence electrons. The zero-order valence-corrected chi connectivity index (χ0v) is 42.4. The summed E-state index contributed by atoms with van der Waals surface area (Å²) in [5.74, 6) is 1.88. The Kier molecular flexibility index (Phi) is 9.61. The van der Waals surface area contributed by atoms with E-state index in [2.05, 4.69) is 221 Å². The van der Waals surface area contributed by atoms with Gasteiger partial charge in [0.25, 0.3) is 0 Å². The van der Waals surface area contributed by atoms with Crippen LogP contribution in [-0.4, -0.2) is 24.1 Å². The predicted octanol–water partition coefficient (Wildman–Crippen LogP) is 19.1. The molecule has 0 radical (unpaired) electrons. The zero-order chi connectivity index (χ0) is 49.8. The van der Waals surface area contributed by atoms with Crippen molar-refractivity contribution in [2.45, 2.75) is 0 Å². The highest BCUT2D eigenvalue weighted by Gasteiger charge is 2.21. The number of benzene rings is 11. The monoisotopic (exact) mass is 1000 g/mol. The van der Waals surface area contributed by atoms with Gasteiger partial charge in [-0.2, -0.15) is 0 Å². The standard InChI is InChI=1S/C69H41N5S2/c1-5-17-42(18-6-1)67-70-68(43-19-7-2-8-20-43)72-69(71-67)58-36-44(45-30-33-63-54(35-45)56-38-52-50-25-13-15-27-59(50)73(47-21-9-3-10-22-47)61(52)40-65(56)75-63)29-32-49(58)46-31-34-64-55(37-46)57-39-53-51-26-14-16-28-60(51)74(48-23-11-4-12-24-48)62(53)41-66(57)76-64/h1-41H. The molecule has 0 N–H and O–H groups in total. The predicted molar refractivity (Wildman–Crippen MR) is 321 cm³/mol. The molecule has 0 aliphatic heterocycles. The number of para-hydroxylation sites is 4. The summed E-state index contributed by atoms with van der Waals surface area (Å²) in [6.45, 7) is 0. The van der Waals surface area contributed by atoms with E-state index in [0.717, 1.165) is 50.3 Å². The largest absolute Gasteiger partial charge is 0.309 e. The lowest BCUT2D eigenvalue weighted by Crippen LogP contribution is -2.01. The van der Waals surface area contributed by atoms with Crippen molar-refractivity contribution in [2.24, 2.45) is 0 Å². The number of fused-ring (bicyclic) bond motifs is 12. The van der Waals surface area contributed by atoms with Gasteiger partial charge in [-0.3, -0.25) is 0 Å². The first-order valence-electron chi connectivity index (χ1n) is 25.6. The van der Waals surface area contributed by atoms with Crippen molar-refractivity contribution >= 4 is 107 Å². The molecule has 7 heteroatoms. The van der Waals surface area contributed by atoms with E-state index in [0.29, 0.717) is 17.5 Å². The fourth-order valence-electron chi connectivity index (χ4n) is 11.6. The van der Waals surface area contributed by atoms with Crippen molar-refractivity contribution in [1.82, 2.24) is 24.1 Å². The summed E-state index contributed by atoms with van der Waals surface area (Å²) in [6.07, 6.45) is 0. The van der Waals surface area contributed by atoms with E-state index in [4.69, 9.17) is 15.0 Å². The number of aromatic nitrogens is 5. The van der Waals surface area contributed by atoms with Gasteiger partial charge in [-0.05, 0) is 113 Å². The SMILES string of the molecule is c1ccc(-c2nc(-c3ccccc3)nc(-c3cc(-c4ccc5sc6cc7c(cc6c5c4)c4ccccc4n7-c4ccccc4)ccc3-c3ccc4sc5cc6c(cc5c4c3)c3ccccc3n6-c3ccccc3)n2)cc1. The van der Waals surface area contributed by atoms with E-state index in [-0.39, 0.29) is 0 Å². The summed E-state index contributed by atoms with van der Waals surface area (Å²) >= 11 is 3.71. The molecule has 0 fully saturated rings. The van der Waals surface area contributed by atoms with Crippen LogP contribution in [0, 0.1) is 0 Å². The second-order valence-corrected chi connectivity index (χ2v) is 21.7. The molecule has 16 rings (SSSR count). The highest BCUT2D eigenvalue weighted by Crippen LogP contribution is 2.46. The van der Waals surface area contributed by atoms with Crippen LogP contribution in [0.2, 0.25) is 0 Å². The molecule has 0 saturated heterocycles. The van der Waals surface area contributed by atoms with Crippen LogP contribution in [0.25, 0.3) is 152 Å². The fourth-order valence-corrected chi connectivity index (χ4v) is 13.8. The normalized spacial score (nSPS) is 11.9. The summed E-state index contributed by atoms with van der Waals surface area (Å²) in [5, 5.41) is 9.97. The lowest BCUT2D eigenvalue weighted by atomic mass is 9.93. The Bertz CT molecular complexity index is 4920. The van der Waals surface area contributed by atoms with Crippen molar-refractivity contribution in [3.63, 3.8) is 0 Å². The van der Waals surface area contributed by atoms with E-state index in [1.807, 2.05) is 59.1 Å². The third kappa shape index (κ3) is 6.80. The van der Waals surface area contributed by atoms with Crippen molar-refractivity contribution in [2.75, 3.05) is 0 Å². The third-order valence-electron chi connectivity index (χ3n) is 15.2. The molecule has 0 atom stereocenters. The Hall–Kier alpha value is -9.53. The van der Waals surface area contributed by atoms with E-state index in [9.17, 15) is 0 Å². The Morgan fingerprint density at radius 1 is 0.237 bits per heavy atom. The summed E-state index contributed by atoms with van der Waals surface area (Å²) < 4.78 is 9.83. The zero-order valence-electron chi connectivity index (χ0n) is 40.7. The van der Waals surface area contributed by atoms with E-state index >= 15 is 0 Å². The first kappa shape index (κ1) is 42.9. The van der Waals surface area contributed by atoms with Crippen LogP contribution >= 0.6 is 22.7 Å². The van der Waals surface area contributed by atoms with Crippen LogP contribution in [0.1, 0.15) is 0 Å². The van der Waals surface area contributed by atoms with Gasteiger partial charge in [0.1, 0.15) is 0 Å². The maximum Gasteiger partial charge on any atom is 0.164 e. The second kappa shape index (κ2) is 17.0. The fraction of sp³-hybridized carbons (Fsp3) is 0. The lowest BCUT2D eigenvalue weighted by molar-refractivity contribution is 1.07. The quantitative estimate of drug-likeness (QED) is 0.160. The maximum absolute atomic E-state index is 5.35. The number of hydrogen-bond acceptors (Lipinski definition) is 5. The molecule has 76 heavy (non-hydrogen) atoms. The molecule has 0 aliphatic carbocycles. The average Bonchev–Trinajstić information content (AvgIpc) is 4.34. The second-order valence-electron chi connectivity index (χ2n) is 19.5. The maximum atomic E-state index is 5.35. The van der Waals surface area contributed by atoms with Crippen LogP contribution in [0.5, 0.6) is 0 Å². The van der Waals surface area contributed by atoms with Crippen LogP contribution < -0.4 is 0 Å². The Morgan fingerprint density at radius 3 is 1.17 bits per heavy atom. The number of rotatable bonds is 7. The Morgan fingerprint density at radius 2 is 0.645 bits per heavy atom. The lowest BCUT2D eigenvalue weighted by Gasteiger charge is -2.14. The number of hydrogen-bond donors (Lipinski definition) is 0. The molecular formula is C69H41N5S2. The molecule has 0 unspecified atom stereocenters.